The molecule has 0 aliphatic carbocycles. The van der Waals surface area contributed by atoms with Crippen molar-refractivity contribution >= 4 is 5.78 Å². The van der Waals surface area contributed by atoms with E-state index in [1.54, 1.807) is 0 Å². The maximum absolute atomic E-state index is 11.7. The van der Waals surface area contributed by atoms with Crippen LogP contribution in [0.2, 0.25) is 0 Å². The minimum atomic E-state index is 0.161. The smallest absolute Gasteiger partial charge is 0.165 e. The highest BCUT2D eigenvalue weighted by Gasteiger charge is 2.05. The van der Waals surface area contributed by atoms with Gasteiger partial charge in [0.25, 0.3) is 0 Å². The zero-order chi connectivity index (χ0) is 12.5. The van der Waals surface area contributed by atoms with Crippen LogP contribution in [0.25, 0.3) is 0 Å². The molecule has 1 atom stereocenters. The van der Waals surface area contributed by atoms with E-state index in [0.29, 0.717) is 18.9 Å². The number of hydrogen-bond donors (Lipinski definition) is 0. The van der Waals surface area contributed by atoms with Crippen molar-refractivity contribution < 1.29 is 9.53 Å². The summed E-state index contributed by atoms with van der Waals surface area (Å²) in [6.07, 6.45) is 2.85. The molecule has 0 radical (unpaired) electrons. The van der Waals surface area contributed by atoms with Gasteiger partial charge in [-0.2, -0.15) is 0 Å². The van der Waals surface area contributed by atoms with Crippen LogP contribution in [-0.2, 0) is 4.74 Å². The second kappa shape index (κ2) is 8.02. The Morgan fingerprint density at radius 3 is 2.65 bits per heavy atom. The number of Topliss-reactive ketones (excluding diaryl/α,β-unsaturated/α-hetero) is 1. The first-order chi connectivity index (χ1) is 8.24. The van der Waals surface area contributed by atoms with Crippen LogP contribution < -0.4 is 0 Å². The zero-order valence-corrected chi connectivity index (χ0v) is 10.8. The minimum absolute atomic E-state index is 0.161. The van der Waals surface area contributed by atoms with E-state index in [2.05, 4.69) is 13.8 Å². The lowest BCUT2D eigenvalue weighted by Gasteiger charge is -2.10. The van der Waals surface area contributed by atoms with Gasteiger partial charge in [0.2, 0.25) is 0 Å². The lowest BCUT2D eigenvalue weighted by atomic mass is 10.1. The summed E-state index contributed by atoms with van der Waals surface area (Å²) in [5, 5.41) is 0. The first-order valence-electron chi connectivity index (χ1n) is 6.40. The van der Waals surface area contributed by atoms with E-state index in [1.807, 2.05) is 30.3 Å². The number of ether oxygens (including phenoxy) is 1. The summed E-state index contributed by atoms with van der Waals surface area (Å²) in [4.78, 5) is 11.7. The SMILES string of the molecule is CCCC(C)COCCC(=O)c1ccccc1. The molecule has 1 aromatic rings. The molecule has 0 aromatic heterocycles. The second-order valence-electron chi connectivity index (χ2n) is 4.51. The molecule has 0 fully saturated rings. The van der Waals surface area contributed by atoms with Crippen molar-refractivity contribution in [3.8, 4) is 0 Å². The summed E-state index contributed by atoms with van der Waals surface area (Å²) in [6.45, 7) is 5.65. The van der Waals surface area contributed by atoms with Crippen LogP contribution in [0.4, 0.5) is 0 Å². The Morgan fingerprint density at radius 2 is 2.00 bits per heavy atom. The van der Waals surface area contributed by atoms with Crippen molar-refractivity contribution in [2.45, 2.75) is 33.1 Å². The van der Waals surface area contributed by atoms with Crippen molar-refractivity contribution in [1.82, 2.24) is 0 Å². The van der Waals surface area contributed by atoms with Gasteiger partial charge in [0.15, 0.2) is 5.78 Å². The molecular weight excluding hydrogens is 212 g/mol. The van der Waals surface area contributed by atoms with Gasteiger partial charge >= 0.3 is 0 Å². The molecule has 17 heavy (non-hydrogen) atoms. The third-order valence-electron chi connectivity index (χ3n) is 2.75. The van der Waals surface area contributed by atoms with Gasteiger partial charge in [0, 0.05) is 18.6 Å². The van der Waals surface area contributed by atoms with E-state index in [0.717, 1.165) is 12.2 Å². The first kappa shape index (κ1) is 13.9. The number of hydrogen-bond acceptors (Lipinski definition) is 2. The second-order valence-corrected chi connectivity index (χ2v) is 4.51. The highest BCUT2D eigenvalue weighted by molar-refractivity contribution is 5.96. The van der Waals surface area contributed by atoms with Gasteiger partial charge < -0.3 is 4.74 Å². The summed E-state index contributed by atoms with van der Waals surface area (Å²) >= 11 is 0. The Morgan fingerprint density at radius 1 is 1.29 bits per heavy atom. The Balaban J connectivity index is 2.17. The van der Waals surface area contributed by atoms with Gasteiger partial charge in [-0.3, -0.25) is 4.79 Å². The summed E-state index contributed by atoms with van der Waals surface area (Å²) in [5.41, 5.74) is 0.776. The van der Waals surface area contributed by atoms with Crippen LogP contribution in [0.1, 0.15) is 43.5 Å². The van der Waals surface area contributed by atoms with E-state index in [9.17, 15) is 4.79 Å². The van der Waals surface area contributed by atoms with E-state index < -0.39 is 0 Å². The summed E-state index contributed by atoms with van der Waals surface area (Å²) in [6, 6.07) is 9.39. The molecule has 0 spiro atoms. The molecule has 2 nitrogen and oxygen atoms in total. The monoisotopic (exact) mass is 234 g/mol. The molecule has 0 aliphatic heterocycles. The van der Waals surface area contributed by atoms with Gasteiger partial charge in [-0.25, -0.2) is 0 Å². The average Bonchev–Trinajstić information content (AvgIpc) is 2.36. The Labute approximate surface area is 104 Å². The van der Waals surface area contributed by atoms with Crippen molar-refractivity contribution in [2.24, 2.45) is 5.92 Å². The highest BCUT2D eigenvalue weighted by Crippen LogP contribution is 2.06. The summed E-state index contributed by atoms with van der Waals surface area (Å²) in [7, 11) is 0. The average molecular weight is 234 g/mol. The maximum atomic E-state index is 11.7. The van der Waals surface area contributed by atoms with Crippen molar-refractivity contribution in [3.63, 3.8) is 0 Å². The standard InChI is InChI=1S/C15H22O2/c1-3-7-13(2)12-17-11-10-15(16)14-8-5-4-6-9-14/h4-6,8-9,13H,3,7,10-12H2,1-2H3. The number of carbonyl (C=O) groups is 1. The molecule has 0 saturated carbocycles. The Hall–Kier alpha value is -1.15. The van der Waals surface area contributed by atoms with Crippen LogP contribution in [-0.4, -0.2) is 19.0 Å². The van der Waals surface area contributed by atoms with Crippen molar-refractivity contribution in [3.05, 3.63) is 35.9 Å². The van der Waals surface area contributed by atoms with Crippen LogP contribution >= 0.6 is 0 Å². The van der Waals surface area contributed by atoms with E-state index >= 15 is 0 Å². The van der Waals surface area contributed by atoms with Gasteiger partial charge in [0.05, 0.1) is 6.61 Å². The van der Waals surface area contributed by atoms with Crippen LogP contribution in [0, 0.1) is 5.92 Å². The highest BCUT2D eigenvalue weighted by atomic mass is 16.5. The lowest BCUT2D eigenvalue weighted by Crippen LogP contribution is -2.09. The number of ketones is 1. The summed E-state index contributed by atoms with van der Waals surface area (Å²) < 4.78 is 5.52. The first-order valence-corrected chi connectivity index (χ1v) is 6.40. The molecule has 0 heterocycles. The molecule has 1 rings (SSSR count). The molecular formula is C15H22O2. The Kier molecular flexibility index (Phi) is 6.56. The fraction of sp³-hybridized carbons (Fsp3) is 0.533. The van der Waals surface area contributed by atoms with Gasteiger partial charge in [-0.05, 0) is 12.3 Å². The fourth-order valence-corrected chi connectivity index (χ4v) is 1.79. The predicted molar refractivity (Wildman–Crippen MR) is 70.3 cm³/mol. The van der Waals surface area contributed by atoms with E-state index in [4.69, 9.17) is 4.74 Å². The summed E-state index contributed by atoms with van der Waals surface area (Å²) in [5.74, 6) is 0.751. The third-order valence-corrected chi connectivity index (χ3v) is 2.75. The van der Waals surface area contributed by atoms with Gasteiger partial charge in [-0.1, -0.05) is 50.6 Å². The van der Waals surface area contributed by atoms with Gasteiger partial charge in [0.1, 0.15) is 0 Å². The van der Waals surface area contributed by atoms with E-state index in [1.165, 1.54) is 12.8 Å². The molecule has 2 heteroatoms. The van der Waals surface area contributed by atoms with Crippen molar-refractivity contribution in [1.29, 1.82) is 0 Å². The van der Waals surface area contributed by atoms with Crippen LogP contribution in [0.5, 0.6) is 0 Å². The quantitative estimate of drug-likeness (QED) is 0.506. The van der Waals surface area contributed by atoms with Crippen molar-refractivity contribution in [2.75, 3.05) is 13.2 Å². The van der Waals surface area contributed by atoms with Gasteiger partial charge in [-0.15, -0.1) is 0 Å². The topological polar surface area (TPSA) is 26.3 Å². The molecule has 0 aliphatic rings. The normalized spacial score (nSPS) is 12.4. The molecule has 0 amide bonds. The number of benzene rings is 1. The van der Waals surface area contributed by atoms with Crippen LogP contribution in [0.15, 0.2) is 30.3 Å². The number of carbonyl (C=O) groups excluding carboxylic acids is 1. The molecule has 1 unspecified atom stereocenters. The lowest BCUT2D eigenvalue weighted by molar-refractivity contribution is 0.0798. The minimum Gasteiger partial charge on any atom is -0.381 e. The molecule has 0 N–H and O–H groups in total. The maximum Gasteiger partial charge on any atom is 0.165 e. The van der Waals surface area contributed by atoms with E-state index in [-0.39, 0.29) is 5.78 Å². The molecule has 1 aromatic carbocycles. The fourth-order valence-electron chi connectivity index (χ4n) is 1.79. The molecule has 0 saturated heterocycles. The Bertz CT molecular complexity index is 319. The largest absolute Gasteiger partial charge is 0.381 e. The zero-order valence-electron chi connectivity index (χ0n) is 10.8. The third kappa shape index (κ3) is 5.64. The number of rotatable bonds is 8. The molecule has 0 bridgehead atoms. The van der Waals surface area contributed by atoms with Crippen LogP contribution in [0.3, 0.4) is 0 Å². The predicted octanol–water partition coefficient (Wildman–Crippen LogP) is 3.71. The molecule has 94 valence electrons.